The first-order valence-electron chi connectivity index (χ1n) is 7.85. The lowest BCUT2D eigenvalue weighted by Crippen LogP contribution is -2.02. The molecule has 0 radical (unpaired) electrons. The summed E-state index contributed by atoms with van der Waals surface area (Å²) >= 11 is 0. The van der Waals surface area contributed by atoms with Crippen LogP contribution in [0.25, 0.3) is 12.2 Å². The second kappa shape index (κ2) is 8.30. The maximum atomic E-state index is 14.0. The van der Waals surface area contributed by atoms with Crippen molar-refractivity contribution in [2.24, 2.45) is 0 Å². The molecule has 0 aliphatic rings. The van der Waals surface area contributed by atoms with Crippen LogP contribution in [0.4, 0.5) is 30.7 Å². The third-order valence-electron chi connectivity index (χ3n) is 3.51. The number of benzene rings is 2. The highest BCUT2D eigenvalue weighted by Crippen LogP contribution is 2.22. The summed E-state index contributed by atoms with van der Waals surface area (Å²) in [7, 11) is 0. The molecular formula is C20H13F7. The first-order chi connectivity index (χ1) is 12.6. The van der Waals surface area contributed by atoms with Crippen molar-refractivity contribution in [3.05, 3.63) is 69.8 Å². The highest BCUT2D eigenvalue weighted by atomic mass is 19.4. The fraction of sp³-hybridized carbons (Fsp3) is 0.200. The van der Waals surface area contributed by atoms with Gasteiger partial charge in [-0.15, -0.1) is 0 Å². The summed E-state index contributed by atoms with van der Waals surface area (Å²) in [6.45, 7) is 1.86. The zero-order valence-electron chi connectivity index (χ0n) is 14.0. The monoisotopic (exact) mass is 386 g/mol. The van der Waals surface area contributed by atoms with Gasteiger partial charge in [-0.1, -0.05) is 25.3 Å². The third-order valence-corrected chi connectivity index (χ3v) is 3.51. The van der Waals surface area contributed by atoms with Gasteiger partial charge in [0.25, 0.3) is 0 Å². The summed E-state index contributed by atoms with van der Waals surface area (Å²) in [6.07, 6.45) is -1.65. The van der Waals surface area contributed by atoms with Crippen molar-refractivity contribution in [3.63, 3.8) is 0 Å². The maximum Gasteiger partial charge on any atom is 0.458 e. The van der Waals surface area contributed by atoms with Gasteiger partial charge in [0.1, 0.15) is 23.3 Å². The van der Waals surface area contributed by atoms with Crippen molar-refractivity contribution in [3.8, 4) is 11.8 Å². The molecule has 0 N–H and O–H groups in total. The van der Waals surface area contributed by atoms with E-state index in [-0.39, 0.29) is 5.56 Å². The van der Waals surface area contributed by atoms with Gasteiger partial charge >= 0.3 is 6.18 Å². The van der Waals surface area contributed by atoms with Gasteiger partial charge in [0.05, 0.1) is 5.56 Å². The van der Waals surface area contributed by atoms with Crippen LogP contribution in [0.1, 0.15) is 35.6 Å². The van der Waals surface area contributed by atoms with Crippen LogP contribution in [0, 0.1) is 35.1 Å². The quantitative estimate of drug-likeness (QED) is 0.330. The minimum atomic E-state index is -4.89. The summed E-state index contributed by atoms with van der Waals surface area (Å²) in [4.78, 5) is 0. The van der Waals surface area contributed by atoms with E-state index in [0.717, 1.165) is 30.2 Å². The Kier molecular flexibility index (Phi) is 6.32. The fourth-order valence-electron chi connectivity index (χ4n) is 2.35. The fourth-order valence-corrected chi connectivity index (χ4v) is 2.35. The summed E-state index contributed by atoms with van der Waals surface area (Å²) in [6, 6.07) is 3.79. The molecule has 7 heteroatoms. The first-order valence-corrected chi connectivity index (χ1v) is 7.85. The molecule has 0 bridgehead atoms. The first kappa shape index (κ1) is 20.6. The lowest BCUT2D eigenvalue weighted by atomic mass is 10.0. The maximum absolute atomic E-state index is 14.0. The molecule has 142 valence electrons. The Hall–Kier alpha value is -2.75. The molecule has 27 heavy (non-hydrogen) atoms. The van der Waals surface area contributed by atoms with Crippen LogP contribution in [0.15, 0.2) is 24.3 Å². The molecule has 0 unspecified atom stereocenters. The van der Waals surface area contributed by atoms with Crippen molar-refractivity contribution >= 4 is 12.2 Å². The molecule has 0 aromatic heterocycles. The molecule has 0 aliphatic heterocycles. The number of aryl methyl sites for hydroxylation is 1. The van der Waals surface area contributed by atoms with Gasteiger partial charge in [0.2, 0.25) is 0 Å². The highest BCUT2D eigenvalue weighted by molar-refractivity contribution is 5.70. The molecule has 0 atom stereocenters. The standard InChI is InChI=1S/C20H13F7/c1-2-3-12-8-16(21)14(17(22)9-12)5-4-13-10-18(23)15(19(24)11-13)6-7-20(25,26)27/h4-5,8-11H,2-3H2,1H3. The molecule has 0 fully saturated rings. The molecule has 2 aromatic carbocycles. The van der Waals surface area contributed by atoms with E-state index < -0.39 is 40.6 Å². The van der Waals surface area contributed by atoms with Crippen molar-refractivity contribution in [1.82, 2.24) is 0 Å². The van der Waals surface area contributed by atoms with E-state index in [1.807, 2.05) is 6.92 Å². The molecule has 0 saturated carbocycles. The molecule has 0 saturated heterocycles. The third kappa shape index (κ3) is 5.61. The Labute approximate surface area is 151 Å². The van der Waals surface area contributed by atoms with Gasteiger partial charge in [-0.05, 0) is 47.9 Å². The van der Waals surface area contributed by atoms with Gasteiger partial charge in [-0.25, -0.2) is 17.6 Å². The average molecular weight is 386 g/mol. The Morgan fingerprint density at radius 3 is 1.89 bits per heavy atom. The average Bonchev–Trinajstić information content (AvgIpc) is 2.52. The summed E-state index contributed by atoms with van der Waals surface area (Å²) < 4.78 is 91.8. The highest BCUT2D eigenvalue weighted by Gasteiger charge is 2.23. The minimum Gasteiger partial charge on any atom is -0.206 e. The van der Waals surface area contributed by atoms with Crippen LogP contribution in [0.3, 0.4) is 0 Å². The number of rotatable bonds is 4. The number of hydrogen-bond donors (Lipinski definition) is 0. The molecule has 0 heterocycles. The molecule has 0 aliphatic carbocycles. The minimum absolute atomic E-state index is 0.126. The van der Waals surface area contributed by atoms with E-state index in [4.69, 9.17) is 0 Å². The van der Waals surface area contributed by atoms with Crippen molar-refractivity contribution < 1.29 is 30.7 Å². The Morgan fingerprint density at radius 1 is 0.852 bits per heavy atom. The predicted octanol–water partition coefficient (Wildman–Crippen LogP) is 6.28. The van der Waals surface area contributed by atoms with Gasteiger partial charge < -0.3 is 0 Å². The van der Waals surface area contributed by atoms with Crippen LogP contribution < -0.4 is 0 Å². The summed E-state index contributed by atoms with van der Waals surface area (Å²) in [5, 5.41) is 0. The summed E-state index contributed by atoms with van der Waals surface area (Å²) in [5.74, 6) is -2.12. The van der Waals surface area contributed by atoms with Gasteiger partial charge in [0.15, 0.2) is 0 Å². The zero-order valence-corrected chi connectivity index (χ0v) is 14.0. The second-order valence-electron chi connectivity index (χ2n) is 5.66. The van der Waals surface area contributed by atoms with Crippen LogP contribution in [-0.2, 0) is 6.42 Å². The molecular weight excluding hydrogens is 373 g/mol. The normalized spacial score (nSPS) is 11.6. The topological polar surface area (TPSA) is 0 Å². The van der Waals surface area contributed by atoms with E-state index in [1.54, 1.807) is 0 Å². The number of hydrogen-bond acceptors (Lipinski definition) is 0. The number of alkyl halides is 3. The van der Waals surface area contributed by atoms with Crippen LogP contribution in [0.5, 0.6) is 0 Å². The van der Waals surface area contributed by atoms with Crippen LogP contribution in [0.2, 0.25) is 0 Å². The van der Waals surface area contributed by atoms with Gasteiger partial charge in [-0.3, -0.25) is 0 Å². The van der Waals surface area contributed by atoms with Crippen LogP contribution in [-0.4, -0.2) is 6.18 Å². The molecule has 2 rings (SSSR count). The Morgan fingerprint density at radius 2 is 1.41 bits per heavy atom. The van der Waals surface area contributed by atoms with E-state index in [2.05, 4.69) is 0 Å². The van der Waals surface area contributed by atoms with Gasteiger partial charge in [-0.2, -0.15) is 13.2 Å². The van der Waals surface area contributed by atoms with E-state index >= 15 is 0 Å². The lowest BCUT2D eigenvalue weighted by molar-refractivity contribution is -0.0696. The van der Waals surface area contributed by atoms with E-state index in [9.17, 15) is 30.7 Å². The van der Waals surface area contributed by atoms with Gasteiger partial charge in [0, 0.05) is 11.5 Å². The Bertz CT molecular complexity index is 882. The molecule has 0 amide bonds. The smallest absolute Gasteiger partial charge is 0.206 e. The number of halogens is 7. The SMILES string of the molecule is CCCc1cc(F)c(C=Cc2cc(F)c(C#CC(F)(F)F)c(F)c2)c(F)c1. The summed E-state index contributed by atoms with van der Waals surface area (Å²) in [5.41, 5.74) is -1.07. The second-order valence-corrected chi connectivity index (χ2v) is 5.66. The van der Waals surface area contributed by atoms with E-state index in [1.165, 1.54) is 18.1 Å². The molecule has 0 spiro atoms. The van der Waals surface area contributed by atoms with Crippen LogP contribution >= 0.6 is 0 Å². The van der Waals surface area contributed by atoms with Crippen molar-refractivity contribution in [2.75, 3.05) is 0 Å². The lowest BCUT2D eigenvalue weighted by Gasteiger charge is -2.05. The predicted molar refractivity (Wildman–Crippen MR) is 88.6 cm³/mol. The molecule has 2 aromatic rings. The zero-order chi connectivity index (χ0) is 20.2. The van der Waals surface area contributed by atoms with Crippen molar-refractivity contribution in [1.29, 1.82) is 0 Å². The van der Waals surface area contributed by atoms with E-state index in [0.29, 0.717) is 18.4 Å². The Balaban J connectivity index is 2.34. The molecule has 0 nitrogen and oxygen atoms in total. The largest absolute Gasteiger partial charge is 0.458 e. The van der Waals surface area contributed by atoms with Crippen molar-refractivity contribution in [2.45, 2.75) is 25.9 Å².